The van der Waals surface area contributed by atoms with Crippen LogP contribution >= 0.6 is 38.9 Å². The van der Waals surface area contributed by atoms with E-state index in [4.69, 9.17) is 26.8 Å². The molecule has 3 N–H and O–H groups in total. The second-order valence-corrected chi connectivity index (χ2v) is 7.48. The summed E-state index contributed by atoms with van der Waals surface area (Å²) in [6.45, 7) is 0.328. The van der Waals surface area contributed by atoms with E-state index in [0.29, 0.717) is 34.1 Å². The quantitative estimate of drug-likeness (QED) is 0.370. The number of nitrogen functional groups attached to an aromatic ring is 1. The summed E-state index contributed by atoms with van der Waals surface area (Å²) in [5, 5.41) is 7.18. The first-order valence-electron chi connectivity index (χ1n) is 7.80. The molecule has 1 aromatic heterocycles. The highest BCUT2D eigenvalue weighted by atomic mass is 79.9. The van der Waals surface area contributed by atoms with E-state index in [9.17, 15) is 0 Å². The Kier molecular flexibility index (Phi) is 6.54. The molecule has 6 nitrogen and oxygen atoms in total. The Morgan fingerprint density at radius 1 is 1.37 bits per heavy atom. The SMILES string of the molecule is COc1cc(C=NNc2nc(N)cs2)cc(Br)c1OCc1ccccc1Cl. The maximum Gasteiger partial charge on any atom is 0.205 e. The van der Waals surface area contributed by atoms with Crippen LogP contribution in [0.15, 0.2) is 51.4 Å². The standard InChI is InChI=1S/C18H16BrClN4O2S/c1-25-15-7-11(8-22-24-18-23-16(21)10-27-18)6-13(19)17(15)26-9-12-4-2-3-5-14(12)20/h2-8,10H,9,21H2,1H3,(H,23,24). The summed E-state index contributed by atoms with van der Waals surface area (Å²) in [7, 11) is 1.58. The number of aromatic nitrogens is 1. The van der Waals surface area contributed by atoms with Crippen LogP contribution in [-0.2, 0) is 6.61 Å². The lowest BCUT2D eigenvalue weighted by Gasteiger charge is -2.14. The Labute approximate surface area is 174 Å². The number of methoxy groups -OCH3 is 1. The molecule has 0 bridgehead atoms. The minimum Gasteiger partial charge on any atom is -0.493 e. The molecule has 0 unspecified atom stereocenters. The molecular weight excluding hydrogens is 452 g/mol. The van der Waals surface area contributed by atoms with Gasteiger partial charge in [-0.25, -0.2) is 4.98 Å². The van der Waals surface area contributed by atoms with Gasteiger partial charge in [-0.05, 0) is 39.7 Å². The van der Waals surface area contributed by atoms with Gasteiger partial charge in [0.1, 0.15) is 12.4 Å². The lowest BCUT2D eigenvalue weighted by Crippen LogP contribution is -2.00. The van der Waals surface area contributed by atoms with Gasteiger partial charge in [0.2, 0.25) is 5.13 Å². The second kappa shape index (κ2) is 9.07. The van der Waals surface area contributed by atoms with Crippen molar-refractivity contribution in [2.45, 2.75) is 6.61 Å². The van der Waals surface area contributed by atoms with Crippen molar-refractivity contribution in [3.63, 3.8) is 0 Å². The van der Waals surface area contributed by atoms with Crippen molar-refractivity contribution in [3.8, 4) is 11.5 Å². The zero-order valence-electron chi connectivity index (χ0n) is 14.3. The zero-order valence-corrected chi connectivity index (χ0v) is 17.4. The Morgan fingerprint density at radius 2 is 2.19 bits per heavy atom. The van der Waals surface area contributed by atoms with E-state index in [-0.39, 0.29) is 0 Å². The normalized spacial score (nSPS) is 10.9. The van der Waals surface area contributed by atoms with Gasteiger partial charge in [-0.15, -0.1) is 11.3 Å². The number of thiazole rings is 1. The second-order valence-electron chi connectivity index (χ2n) is 5.36. The summed E-state index contributed by atoms with van der Waals surface area (Å²) < 4.78 is 12.1. The molecular formula is C18H16BrClN4O2S. The number of halogens is 2. The topological polar surface area (TPSA) is 81.8 Å². The molecule has 2 aromatic carbocycles. The van der Waals surface area contributed by atoms with Gasteiger partial charge in [-0.3, -0.25) is 5.43 Å². The monoisotopic (exact) mass is 466 g/mol. The van der Waals surface area contributed by atoms with E-state index in [1.165, 1.54) is 11.3 Å². The number of hydrazone groups is 1. The molecule has 0 aliphatic rings. The van der Waals surface area contributed by atoms with Crippen molar-refractivity contribution in [2.24, 2.45) is 5.10 Å². The summed E-state index contributed by atoms with van der Waals surface area (Å²) in [6, 6.07) is 11.2. The van der Waals surface area contributed by atoms with Crippen LogP contribution in [0.1, 0.15) is 11.1 Å². The van der Waals surface area contributed by atoms with E-state index in [0.717, 1.165) is 15.6 Å². The van der Waals surface area contributed by atoms with Crippen molar-refractivity contribution in [1.29, 1.82) is 0 Å². The van der Waals surface area contributed by atoms with Crippen LogP contribution in [-0.4, -0.2) is 18.3 Å². The average molecular weight is 468 g/mol. The molecule has 0 atom stereocenters. The van der Waals surface area contributed by atoms with Crippen molar-refractivity contribution in [2.75, 3.05) is 18.3 Å². The number of benzene rings is 2. The van der Waals surface area contributed by atoms with Crippen LogP contribution in [0.5, 0.6) is 11.5 Å². The summed E-state index contributed by atoms with van der Waals surface area (Å²) >= 11 is 11.1. The maximum absolute atomic E-state index is 6.18. The smallest absolute Gasteiger partial charge is 0.205 e. The largest absolute Gasteiger partial charge is 0.493 e. The van der Waals surface area contributed by atoms with Crippen molar-refractivity contribution < 1.29 is 9.47 Å². The Balaban J connectivity index is 1.73. The molecule has 3 rings (SSSR count). The zero-order chi connectivity index (χ0) is 19.2. The molecule has 0 saturated carbocycles. The summed E-state index contributed by atoms with van der Waals surface area (Å²) in [4.78, 5) is 4.07. The number of anilines is 2. The summed E-state index contributed by atoms with van der Waals surface area (Å²) in [6.07, 6.45) is 1.66. The van der Waals surface area contributed by atoms with E-state index in [1.807, 2.05) is 36.4 Å². The predicted octanol–water partition coefficient (Wildman–Crippen LogP) is 5.17. The van der Waals surface area contributed by atoms with Crippen LogP contribution in [0.25, 0.3) is 0 Å². The minimum atomic E-state index is 0.328. The Morgan fingerprint density at radius 3 is 2.89 bits per heavy atom. The van der Waals surface area contributed by atoms with Gasteiger partial charge in [0, 0.05) is 16.0 Å². The highest BCUT2D eigenvalue weighted by molar-refractivity contribution is 9.10. The van der Waals surface area contributed by atoms with Gasteiger partial charge in [0.25, 0.3) is 0 Å². The van der Waals surface area contributed by atoms with Crippen molar-refractivity contribution in [1.82, 2.24) is 4.98 Å². The Hall–Kier alpha value is -2.29. The highest BCUT2D eigenvalue weighted by Gasteiger charge is 2.12. The Bertz CT molecular complexity index is 964. The first kappa shape index (κ1) is 19.5. The van der Waals surface area contributed by atoms with E-state index in [2.05, 4.69) is 31.4 Å². The van der Waals surface area contributed by atoms with E-state index < -0.39 is 0 Å². The van der Waals surface area contributed by atoms with Gasteiger partial charge < -0.3 is 15.2 Å². The molecule has 0 radical (unpaired) electrons. The third-order valence-corrected chi connectivity index (χ3v) is 5.20. The molecule has 0 fully saturated rings. The minimum absolute atomic E-state index is 0.328. The van der Waals surface area contributed by atoms with Crippen LogP contribution < -0.4 is 20.6 Å². The van der Waals surface area contributed by atoms with Crippen LogP contribution in [0.2, 0.25) is 5.02 Å². The van der Waals surface area contributed by atoms with Gasteiger partial charge in [0.05, 0.1) is 17.8 Å². The fraction of sp³-hybridized carbons (Fsp3) is 0.111. The predicted molar refractivity (Wildman–Crippen MR) is 114 cm³/mol. The number of rotatable bonds is 7. The molecule has 0 spiro atoms. The summed E-state index contributed by atoms with van der Waals surface area (Å²) in [5.74, 6) is 1.63. The van der Waals surface area contributed by atoms with E-state index in [1.54, 1.807) is 18.7 Å². The number of nitrogens with one attached hydrogen (secondary N) is 1. The third kappa shape index (κ3) is 5.12. The number of hydrogen-bond acceptors (Lipinski definition) is 7. The number of nitrogens with two attached hydrogens (primary N) is 1. The molecule has 0 aliphatic heterocycles. The fourth-order valence-electron chi connectivity index (χ4n) is 2.22. The van der Waals surface area contributed by atoms with Crippen molar-refractivity contribution >= 4 is 56.0 Å². The first-order valence-corrected chi connectivity index (χ1v) is 9.85. The highest BCUT2D eigenvalue weighted by Crippen LogP contribution is 2.37. The molecule has 9 heteroatoms. The van der Waals surface area contributed by atoms with Crippen LogP contribution in [0.3, 0.4) is 0 Å². The van der Waals surface area contributed by atoms with Crippen LogP contribution in [0, 0.1) is 0 Å². The molecule has 0 saturated heterocycles. The first-order chi connectivity index (χ1) is 13.1. The molecule has 3 aromatic rings. The van der Waals surface area contributed by atoms with Gasteiger partial charge in [0.15, 0.2) is 11.5 Å². The third-order valence-electron chi connectivity index (χ3n) is 3.48. The average Bonchev–Trinajstić information content (AvgIpc) is 3.07. The van der Waals surface area contributed by atoms with E-state index >= 15 is 0 Å². The molecule has 1 heterocycles. The molecule has 27 heavy (non-hydrogen) atoms. The summed E-state index contributed by atoms with van der Waals surface area (Å²) in [5.41, 5.74) is 10.1. The number of ether oxygens (including phenoxy) is 2. The maximum atomic E-state index is 6.18. The molecule has 0 amide bonds. The number of nitrogens with zero attached hydrogens (tertiary/aromatic N) is 2. The number of hydrogen-bond donors (Lipinski definition) is 2. The molecule has 0 aliphatic carbocycles. The van der Waals surface area contributed by atoms with Crippen molar-refractivity contribution in [3.05, 3.63) is 62.4 Å². The van der Waals surface area contributed by atoms with Gasteiger partial charge in [-0.1, -0.05) is 29.8 Å². The fourth-order valence-corrected chi connectivity index (χ4v) is 3.53. The van der Waals surface area contributed by atoms with Crippen LogP contribution in [0.4, 0.5) is 10.9 Å². The lowest BCUT2D eigenvalue weighted by molar-refractivity contribution is 0.282. The van der Waals surface area contributed by atoms with Gasteiger partial charge >= 0.3 is 0 Å². The van der Waals surface area contributed by atoms with Gasteiger partial charge in [-0.2, -0.15) is 5.10 Å². The molecule has 140 valence electrons. The lowest BCUT2D eigenvalue weighted by atomic mass is 10.2.